The number of amides is 1. The smallest absolute Gasteiger partial charge is 0.225 e. The molecule has 0 radical (unpaired) electrons. The molecule has 2 rings (SSSR count). The second-order valence-electron chi connectivity index (χ2n) is 7.32. The van der Waals surface area contributed by atoms with E-state index in [0.29, 0.717) is 13.2 Å². The number of nitrogens with zero attached hydrogens (tertiary/aromatic N) is 1. The maximum Gasteiger partial charge on any atom is 0.225 e. The summed E-state index contributed by atoms with van der Waals surface area (Å²) >= 11 is 0. The number of hydrogen-bond donors (Lipinski definition) is 2. The molecule has 1 amide bonds. The number of ether oxygens (including phenoxy) is 1. The van der Waals surface area contributed by atoms with E-state index in [4.69, 9.17) is 10.5 Å². The molecule has 1 aliphatic carbocycles. The van der Waals surface area contributed by atoms with Crippen LogP contribution in [0, 0.1) is 5.92 Å². The van der Waals surface area contributed by atoms with Crippen molar-refractivity contribution >= 4 is 5.91 Å². The number of carbonyl (C=O) groups excluding carboxylic acids is 1. The molecular weight excluding hydrogens is 302 g/mol. The fourth-order valence-corrected chi connectivity index (χ4v) is 3.15. The van der Waals surface area contributed by atoms with E-state index in [1.807, 2.05) is 45.3 Å². The summed E-state index contributed by atoms with van der Waals surface area (Å²) in [4.78, 5) is 14.5. The van der Waals surface area contributed by atoms with E-state index in [-0.39, 0.29) is 17.4 Å². The Hall–Kier alpha value is -1.59. The highest BCUT2D eigenvalue weighted by Crippen LogP contribution is 2.31. The number of rotatable bonds is 7. The van der Waals surface area contributed by atoms with Crippen LogP contribution in [0.25, 0.3) is 0 Å². The molecule has 1 aromatic carbocycles. The molecule has 24 heavy (non-hydrogen) atoms. The summed E-state index contributed by atoms with van der Waals surface area (Å²) in [5.74, 6) is 0.847. The van der Waals surface area contributed by atoms with Crippen molar-refractivity contribution in [3.05, 3.63) is 29.8 Å². The Morgan fingerprint density at radius 3 is 2.67 bits per heavy atom. The van der Waals surface area contributed by atoms with Gasteiger partial charge in [-0.05, 0) is 51.6 Å². The van der Waals surface area contributed by atoms with Gasteiger partial charge in [0.15, 0.2) is 0 Å². The largest absolute Gasteiger partial charge is 0.492 e. The molecule has 0 saturated heterocycles. The zero-order valence-corrected chi connectivity index (χ0v) is 15.2. The Balaban J connectivity index is 1.80. The number of benzene rings is 1. The van der Waals surface area contributed by atoms with E-state index < -0.39 is 0 Å². The van der Waals surface area contributed by atoms with Gasteiger partial charge in [-0.2, -0.15) is 0 Å². The van der Waals surface area contributed by atoms with Gasteiger partial charge in [-0.15, -0.1) is 0 Å². The van der Waals surface area contributed by atoms with Crippen LogP contribution in [0.15, 0.2) is 24.3 Å². The minimum absolute atomic E-state index is 0.0750. The zero-order valence-electron chi connectivity index (χ0n) is 15.2. The van der Waals surface area contributed by atoms with Crippen molar-refractivity contribution in [1.82, 2.24) is 10.2 Å². The van der Waals surface area contributed by atoms with Gasteiger partial charge in [0.1, 0.15) is 12.4 Å². The third-order valence-corrected chi connectivity index (χ3v) is 4.77. The Labute approximate surface area is 145 Å². The summed E-state index contributed by atoms with van der Waals surface area (Å²) in [5, 5.41) is 3.04. The first kappa shape index (κ1) is 18.7. The van der Waals surface area contributed by atoms with Crippen LogP contribution in [-0.4, -0.2) is 43.6 Å². The van der Waals surface area contributed by atoms with Gasteiger partial charge in [0, 0.05) is 18.6 Å². The predicted molar refractivity (Wildman–Crippen MR) is 96.9 cm³/mol. The number of nitrogens with one attached hydrogen (secondary N) is 1. The Morgan fingerprint density at radius 2 is 2.04 bits per heavy atom. The molecule has 0 spiro atoms. The van der Waals surface area contributed by atoms with Gasteiger partial charge < -0.3 is 20.7 Å². The highest BCUT2D eigenvalue weighted by molar-refractivity contribution is 5.80. The molecule has 5 nitrogen and oxygen atoms in total. The highest BCUT2D eigenvalue weighted by atomic mass is 16.5. The van der Waals surface area contributed by atoms with Gasteiger partial charge in [-0.1, -0.05) is 25.0 Å². The lowest BCUT2D eigenvalue weighted by molar-refractivity contribution is -0.128. The lowest BCUT2D eigenvalue weighted by atomic mass is 9.74. The van der Waals surface area contributed by atoms with Gasteiger partial charge in [0.05, 0.1) is 5.92 Å². The van der Waals surface area contributed by atoms with Crippen LogP contribution in [-0.2, 0) is 11.3 Å². The Morgan fingerprint density at radius 1 is 1.33 bits per heavy atom. The van der Waals surface area contributed by atoms with E-state index in [1.165, 1.54) is 0 Å². The first-order valence-electron chi connectivity index (χ1n) is 8.81. The second-order valence-corrected chi connectivity index (χ2v) is 7.32. The molecule has 1 aliphatic rings. The van der Waals surface area contributed by atoms with E-state index in [1.54, 1.807) is 0 Å². The normalized spacial score (nSPS) is 24.0. The minimum atomic E-state index is -0.382. The first-order chi connectivity index (χ1) is 11.4. The molecule has 2 atom stereocenters. The quantitative estimate of drug-likeness (QED) is 0.802. The van der Waals surface area contributed by atoms with Crippen LogP contribution in [0.2, 0.25) is 0 Å². The molecule has 134 valence electrons. The van der Waals surface area contributed by atoms with Gasteiger partial charge in [-0.3, -0.25) is 4.79 Å². The lowest BCUT2D eigenvalue weighted by Gasteiger charge is -2.37. The van der Waals surface area contributed by atoms with Gasteiger partial charge >= 0.3 is 0 Å². The van der Waals surface area contributed by atoms with Crippen molar-refractivity contribution < 1.29 is 9.53 Å². The first-order valence-corrected chi connectivity index (χ1v) is 8.81. The molecule has 1 aromatic rings. The molecule has 0 bridgehead atoms. The standard InChI is InChI=1S/C19H31N3O2/c1-19(20)11-5-4-6-17(19)18(23)21-14-15-7-9-16(10-8-15)24-13-12-22(2)3/h7-10,17H,4-6,11-14,20H2,1-3H3,(H,21,23). The number of likely N-dealkylation sites (N-methyl/N-ethyl adjacent to an activating group) is 1. The zero-order chi connectivity index (χ0) is 17.6. The van der Waals surface area contributed by atoms with Crippen LogP contribution in [0.4, 0.5) is 0 Å². The average molecular weight is 333 g/mol. The van der Waals surface area contributed by atoms with Crippen molar-refractivity contribution in [3.8, 4) is 5.75 Å². The van der Waals surface area contributed by atoms with Gasteiger partial charge in [-0.25, -0.2) is 0 Å². The van der Waals surface area contributed by atoms with Crippen LogP contribution >= 0.6 is 0 Å². The summed E-state index contributed by atoms with van der Waals surface area (Å²) in [7, 11) is 4.04. The topological polar surface area (TPSA) is 67.6 Å². The minimum Gasteiger partial charge on any atom is -0.492 e. The molecule has 0 aromatic heterocycles. The van der Waals surface area contributed by atoms with Crippen molar-refractivity contribution in [2.24, 2.45) is 11.7 Å². The summed E-state index contributed by atoms with van der Waals surface area (Å²) < 4.78 is 5.67. The van der Waals surface area contributed by atoms with E-state index in [0.717, 1.165) is 43.5 Å². The van der Waals surface area contributed by atoms with Crippen LogP contribution < -0.4 is 15.8 Å². The van der Waals surface area contributed by atoms with E-state index >= 15 is 0 Å². The monoisotopic (exact) mass is 333 g/mol. The van der Waals surface area contributed by atoms with Crippen molar-refractivity contribution in [2.45, 2.75) is 44.7 Å². The third kappa shape index (κ3) is 5.49. The molecule has 2 unspecified atom stereocenters. The fourth-order valence-electron chi connectivity index (χ4n) is 3.15. The van der Waals surface area contributed by atoms with Crippen LogP contribution in [0.5, 0.6) is 5.75 Å². The fraction of sp³-hybridized carbons (Fsp3) is 0.632. The molecule has 1 fully saturated rings. The lowest BCUT2D eigenvalue weighted by Crippen LogP contribution is -2.52. The maximum absolute atomic E-state index is 12.4. The molecular formula is C19H31N3O2. The predicted octanol–water partition coefficient (Wildman–Crippen LogP) is 2.15. The molecule has 0 aliphatic heterocycles. The molecule has 1 saturated carbocycles. The van der Waals surface area contributed by atoms with E-state index in [2.05, 4.69) is 10.2 Å². The summed E-state index contributed by atoms with van der Waals surface area (Å²) in [5.41, 5.74) is 6.98. The Bertz CT molecular complexity index is 526. The van der Waals surface area contributed by atoms with Gasteiger partial charge in [0.2, 0.25) is 5.91 Å². The van der Waals surface area contributed by atoms with Gasteiger partial charge in [0.25, 0.3) is 0 Å². The van der Waals surface area contributed by atoms with Crippen molar-refractivity contribution in [2.75, 3.05) is 27.2 Å². The summed E-state index contributed by atoms with van der Waals surface area (Å²) in [6, 6.07) is 7.89. The van der Waals surface area contributed by atoms with Crippen molar-refractivity contribution in [3.63, 3.8) is 0 Å². The third-order valence-electron chi connectivity index (χ3n) is 4.77. The number of carbonyl (C=O) groups is 1. The van der Waals surface area contributed by atoms with Crippen molar-refractivity contribution in [1.29, 1.82) is 0 Å². The molecule has 5 heteroatoms. The average Bonchev–Trinajstić information content (AvgIpc) is 2.53. The van der Waals surface area contributed by atoms with E-state index in [9.17, 15) is 4.79 Å². The SMILES string of the molecule is CN(C)CCOc1ccc(CNC(=O)C2CCCCC2(C)N)cc1. The second kappa shape index (κ2) is 8.49. The number of nitrogens with two attached hydrogens (primary N) is 1. The number of hydrogen-bond acceptors (Lipinski definition) is 4. The summed E-state index contributed by atoms with van der Waals surface area (Å²) in [6.45, 7) is 4.08. The maximum atomic E-state index is 12.4. The molecule has 0 heterocycles. The highest BCUT2D eigenvalue weighted by Gasteiger charge is 2.37. The molecule has 3 N–H and O–H groups in total. The van der Waals surface area contributed by atoms with Crippen LogP contribution in [0.1, 0.15) is 38.2 Å². The Kier molecular flexibility index (Phi) is 6.63. The summed E-state index contributed by atoms with van der Waals surface area (Å²) in [6.07, 6.45) is 4.01. The van der Waals surface area contributed by atoms with Crippen LogP contribution in [0.3, 0.4) is 0 Å².